The minimum atomic E-state index is -0.666. The maximum Gasteiger partial charge on any atom is 0.253 e. The first-order chi connectivity index (χ1) is 11.1. The summed E-state index contributed by atoms with van der Waals surface area (Å²) >= 11 is 7.08. The van der Waals surface area contributed by atoms with Crippen molar-refractivity contribution in [1.29, 1.82) is 0 Å². The van der Waals surface area contributed by atoms with E-state index in [2.05, 4.69) is 10.3 Å². The van der Waals surface area contributed by atoms with Crippen LogP contribution in [0.1, 0.15) is 15.9 Å². The molecule has 0 spiro atoms. The second-order valence-electron chi connectivity index (χ2n) is 4.86. The number of nitrogens with two attached hydrogens (primary N) is 1. The zero-order chi connectivity index (χ0) is 16.4. The first-order valence-electron chi connectivity index (χ1n) is 6.75. The van der Waals surface area contributed by atoms with Crippen molar-refractivity contribution in [2.75, 3.05) is 5.32 Å². The van der Waals surface area contributed by atoms with Crippen LogP contribution in [-0.4, -0.2) is 16.8 Å². The molecule has 23 heavy (non-hydrogen) atoms. The van der Waals surface area contributed by atoms with Gasteiger partial charge in [-0.1, -0.05) is 29.8 Å². The van der Waals surface area contributed by atoms with Gasteiger partial charge in [0.1, 0.15) is 5.00 Å². The zero-order valence-corrected chi connectivity index (χ0v) is 13.4. The fraction of sp³-hybridized carbons (Fsp3) is 0.0625. The summed E-state index contributed by atoms with van der Waals surface area (Å²) < 4.78 is 0. The van der Waals surface area contributed by atoms with E-state index in [4.69, 9.17) is 17.3 Å². The number of thiophene rings is 1. The molecule has 5 nitrogen and oxygen atoms in total. The van der Waals surface area contributed by atoms with Gasteiger partial charge in [0.2, 0.25) is 5.91 Å². The molecule has 3 N–H and O–H groups in total. The van der Waals surface area contributed by atoms with Gasteiger partial charge in [0, 0.05) is 17.0 Å². The molecule has 0 atom stereocenters. The van der Waals surface area contributed by atoms with Crippen LogP contribution in [0.2, 0.25) is 5.02 Å². The molecule has 2 aromatic heterocycles. The number of amides is 2. The van der Waals surface area contributed by atoms with Crippen molar-refractivity contribution in [3.05, 3.63) is 58.1 Å². The molecule has 0 saturated carbocycles. The molecule has 0 fully saturated rings. The molecule has 0 saturated heterocycles. The van der Waals surface area contributed by atoms with Crippen LogP contribution < -0.4 is 11.1 Å². The van der Waals surface area contributed by atoms with E-state index in [1.165, 1.54) is 11.3 Å². The largest absolute Gasteiger partial charge is 0.365 e. The van der Waals surface area contributed by atoms with Crippen molar-refractivity contribution in [1.82, 2.24) is 4.98 Å². The molecule has 0 unspecified atom stereocenters. The number of pyridine rings is 1. The van der Waals surface area contributed by atoms with Crippen LogP contribution in [-0.2, 0) is 11.2 Å². The Balaban J connectivity index is 1.84. The number of halogens is 1. The smallest absolute Gasteiger partial charge is 0.253 e. The van der Waals surface area contributed by atoms with E-state index in [0.29, 0.717) is 5.00 Å². The van der Waals surface area contributed by atoms with E-state index in [1.54, 1.807) is 11.6 Å². The van der Waals surface area contributed by atoms with Gasteiger partial charge in [0.25, 0.3) is 5.91 Å². The van der Waals surface area contributed by atoms with E-state index in [1.807, 2.05) is 30.3 Å². The maximum atomic E-state index is 12.3. The number of benzene rings is 1. The number of nitrogens with one attached hydrogen (secondary N) is 1. The van der Waals surface area contributed by atoms with Crippen molar-refractivity contribution >= 4 is 50.7 Å². The van der Waals surface area contributed by atoms with Gasteiger partial charge in [0.15, 0.2) is 0 Å². The second kappa shape index (κ2) is 6.36. The SMILES string of the molecule is NC(=O)c1c(Cl)csc1NC(=O)Cc1cccc2ncccc12. The van der Waals surface area contributed by atoms with Crippen molar-refractivity contribution in [2.24, 2.45) is 5.73 Å². The lowest BCUT2D eigenvalue weighted by atomic mass is 10.1. The highest BCUT2D eigenvalue weighted by atomic mass is 35.5. The number of rotatable bonds is 4. The Kier molecular flexibility index (Phi) is 4.27. The first kappa shape index (κ1) is 15.5. The van der Waals surface area contributed by atoms with E-state index in [9.17, 15) is 9.59 Å². The van der Waals surface area contributed by atoms with Crippen LogP contribution in [0.15, 0.2) is 41.9 Å². The monoisotopic (exact) mass is 345 g/mol. The molecule has 2 amide bonds. The van der Waals surface area contributed by atoms with Crippen molar-refractivity contribution in [2.45, 2.75) is 6.42 Å². The van der Waals surface area contributed by atoms with Gasteiger partial charge in [-0.3, -0.25) is 14.6 Å². The summed E-state index contributed by atoms with van der Waals surface area (Å²) in [5.74, 6) is -0.914. The van der Waals surface area contributed by atoms with Crippen LogP contribution in [0.5, 0.6) is 0 Å². The lowest BCUT2D eigenvalue weighted by Crippen LogP contribution is -2.18. The molecule has 2 heterocycles. The molecule has 0 bridgehead atoms. The third-order valence-electron chi connectivity index (χ3n) is 3.33. The Hall–Kier alpha value is -2.44. The lowest BCUT2D eigenvalue weighted by molar-refractivity contribution is -0.115. The number of nitrogens with zero attached hydrogens (tertiary/aromatic N) is 1. The molecular weight excluding hydrogens is 334 g/mol. The summed E-state index contributed by atoms with van der Waals surface area (Å²) in [4.78, 5) is 28.0. The lowest BCUT2D eigenvalue weighted by Gasteiger charge is -2.07. The molecule has 3 aromatic rings. The van der Waals surface area contributed by atoms with Gasteiger partial charge < -0.3 is 11.1 Å². The normalized spacial score (nSPS) is 10.7. The number of hydrogen-bond acceptors (Lipinski definition) is 4. The van der Waals surface area contributed by atoms with Crippen LogP contribution in [0.3, 0.4) is 0 Å². The van der Waals surface area contributed by atoms with Crippen molar-refractivity contribution in [3.8, 4) is 0 Å². The summed E-state index contributed by atoms with van der Waals surface area (Å²) in [6.07, 6.45) is 1.87. The highest BCUT2D eigenvalue weighted by molar-refractivity contribution is 7.15. The Bertz CT molecular complexity index is 902. The Labute approximate surface area is 141 Å². The molecule has 0 aliphatic rings. The van der Waals surface area contributed by atoms with Gasteiger partial charge in [-0.25, -0.2) is 0 Å². The minimum absolute atomic E-state index is 0.143. The van der Waals surface area contributed by atoms with Crippen molar-refractivity contribution in [3.63, 3.8) is 0 Å². The number of hydrogen-bond donors (Lipinski definition) is 2. The molecule has 0 aliphatic heterocycles. The fourth-order valence-electron chi connectivity index (χ4n) is 2.32. The highest BCUT2D eigenvalue weighted by Crippen LogP contribution is 2.31. The topological polar surface area (TPSA) is 85.1 Å². The van der Waals surface area contributed by atoms with Crippen LogP contribution in [0.25, 0.3) is 10.9 Å². The van der Waals surface area contributed by atoms with Gasteiger partial charge in [-0.15, -0.1) is 11.3 Å². The molecule has 0 radical (unpaired) electrons. The van der Waals surface area contributed by atoms with Crippen LogP contribution >= 0.6 is 22.9 Å². The summed E-state index contributed by atoms with van der Waals surface area (Å²) in [6, 6.07) is 9.37. The predicted octanol–water partition coefficient (Wildman–Crippen LogP) is 3.23. The van der Waals surface area contributed by atoms with Gasteiger partial charge in [-0.05, 0) is 17.7 Å². The summed E-state index contributed by atoms with van der Waals surface area (Å²) in [5, 5.41) is 5.80. The first-order valence-corrected chi connectivity index (χ1v) is 8.01. The quantitative estimate of drug-likeness (QED) is 0.761. The molecule has 1 aromatic carbocycles. The van der Waals surface area contributed by atoms with Crippen molar-refractivity contribution < 1.29 is 9.59 Å². The van der Waals surface area contributed by atoms with Gasteiger partial charge in [0.05, 0.1) is 22.5 Å². The number of carbonyl (C=O) groups is 2. The average Bonchev–Trinajstić information content (AvgIpc) is 2.88. The third-order valence-corrected chi connectivity index (χ3v) is 4.66. The zero-order valence-electron chi connectivity index (χ0n) is 11.9. The molecule has 116 valence electrons. The molecular formula is C16H12ClN3O2S. The Morgan fingerprint density at radius 3 is 2.87 bits per heavy atom. The van der Waals surface area contributed by atoms with E-state index >= 15 is 0 Å². The van der Waals surface area contributed by atoms with Crippen LogP contribution in [0.4, 0.5) is 5.00 Å². The number of aromatic nitrogens is 1. The average molecular weight is 346 g/mol. The maximum absolute atomic E-state index is 12.3. The number of carbonyl (C=O) groups excluding carboxylic acids is 2. The molecule has 3 rings (SSSR count). The fourth-order valence-corrected chi connectivity index (χ4v) is 3.54. The standard InChI is InChI=1S/C16H12ClN3O2S/c17-11-8-23-16(14(11)15(18)22)20-13(21)7-9-3-1-5-12-10(9)4-2-6-19-12/h1-6,8H,7H2,(H2,18,22)(H,20,21). The van der Waals surface area contributed by atoms with E-state index < -0.39 is 5.91 Å². The number of primary amides is 1. The number of fused-ring (bicyclic) bond motifs is 1. The summed E-state index contributed by atoms with van der Waals surface area (Å²) in [5.41, 5.74) is 7.12. The highest BCUT2D eigenvalue weighted by Gasteiger charge is 2.17. The Morgan fingerprint density at radius 1 is 1.26 bits per heavy atom. The van der Waals surface area contributed by atoms with E-state index in [-0.39, 0.29) is 22.9 Å². The van der Waals surface area contributed by atoms with Gasteiger partial charge >= 0.3 is 0 Å². The Morgan fingerprint density at radius 2 is 2.09 bits per heavy atom. The second-order valence-corrected chi connectivity index (χ2v) is 6.15. The van der Waals surface area contributed by atoms with E-state index in [0.717, 1.165) is 16.5 Å². The number of anilines is 1. The predicted molar refractivity (Wildman–Crippen MR) is 91.9 cm³/mol. The van der Waals surface area contributed by atoms with Crippen LogP contribution in [0, 0.1) is 0 Å². The third kappa shape index (κ3) is 3.18. The molecule has 7 heteroatoms. The summed E-state index contributed by atoms with van der Waals surface area (Å²) in [6.45, 7) is 0. The summed E-state index contributed by atoms with van der Waals surface area (Å²) in [7, 11) is 0. The minimum Gasteiger partial charge on any atom is -0.365 e. The molecule has 0 aliphatic carbocycles. The van der Waals surface area contributed by atoms with Gasteiger partial charge in [-0.2, -0.15) is 0 Å².